The van der Waals surface area contributed by atoms with Crippen molar-refractivity contribution in [1.82, 2.24) is 10.4 Å². The Hall–Kier alpha value is -1.75. The lowest BCUT2D eigenvalue weighted by Crippen LogP contribution is -2.37. The van der Waals surface area contributed by atoms with E-state index in [1.54, 1.807) is 31.3 Å². The number of nitrogens with zero attached hydrogens (tertiary/aromatic N) is 1. The Kier molecular flexibility index (Phi) is 6.07. The minimum atomic E-state index is -0.316. The highest BCUT2D eigenvalue weighted by atomic mass is 35.5. The van der Waals surface area contributed by atoms with Gasteiger partial charge in [0.25, 0.3) is 0 Å². The minimum Gasteiger partial charge on any atom is -0.339 e. The van der Waals surface area contributed by atoms with E-state index in [4.69, 9.17) is 28.0 Å². The van der Waals surface area contributed by atoms with Crippen molar-refractivity contribution < 1.29 is 9.63 Å². The molecule has 116 valence electrons. The molecule has 2 rings (SSSR count). The number of rotatable bonds is 5. The first kappa shape index (κ1) is 16.6. The molecule has 0 aliphatic heterocycles. The van der Waals surface area contributed by atoms with E-state index < -0.39 is 0 Å². The molecule has 2 aromatic rings. The monoisotopic (exact) mass is 338 g/mol. The van der Waals surface area contributed by atoms with Crippen LogP contribution in [0.2, 0.25) is 10.0 Å². The predicted octanol–water partition coefficient (Wildman–Crippen LogP) is 4.27. The van der Waals surface area contributed by atoms with Gasteiger partial charge in [0.2, 0.25) is 0 Å². The maximum Gasteiger partial charge on any atom is 0.341 e. The topological polar surface area (TPSA) is 41.6 Å². The number of halogens is 2. The van der Waals surface area contributed by atoms with Crippen molar-refractivity contribution in [2.75, 3.05) is 7.05 Å². The van der Waals surface area contributed by atoms with Crippen molar-refractivity contribution in [3.05, 3.63) is 69.7 Å². The summed E-state index contributed by atoms with van der Waals surface area (Å²) in [7, 11) is 1.56. The van der Waals surface area contributed by atoms with Crippen LogP contribution in [0.15, 0.2) is 48.5 Å². The molecular formula is C16H16Cl2N2O2. The molecule has 0 aliphatic carbocycles. The van der Waals surface area contributed by atoms with Gasteiger partial charge >= 0.3 is 6.03 Å². The number of carbonyl (C=O) groups excluding carboxylic acids is 1. The van der Waals surface area contributed by atoms with Gasteiger partial charge in [-0.3, -0.25) is 4.84 Å². The molecule has 1 N–H and O–H groups in total. The largest absolute Gasteiger partial charge is 0.341 e. The quantitative estimate of drug-likeness (QED) is 0.827. The molecule has 0 bridgehead atoms. The molecule has 0 heterocycles. The number of hydrogen-bond acceptors (Lipinski definition) is 2. The second kappa shape index (κ2) is 8.03. The molecule has 0 radical (unpaired) electrons. The average molecular weight is 339 g/mol. The first-order chi connectivity index (χ1) is 10.6. The van der Waals surface area contributed by atoms with Gasteiger partial charge in [-0.15, -0.1) is 0 Å². The second-order valence-corrected chi connectivity index (χ2v) is 5.49. The zero-order valence-corrected chi connectivity index (χ0v) is 13.6. The fraction of sp³-hybridized carbons (Fsp3) is 0.188. The molecule has 0 saturated carbocycles. The lowest BCUT2D eigenvalue weighted by molar-refractivity contribution is -0.134. The van der Waals surface area contributed by atoms with Crippen molar-refractivity contribution in [2.24, 2.45) is 0 Å². The van der Waals surface area contributed by atoms with Crippen LogP contribution in [0.5, 0.6) is 0 Å². The molecule has 4 nitrogen and oxygen atoms in total. The van der Waals surface area contributed by atoms with E-state index in [2.05, 4.69) is 5.32 Å². The van der Waals surface area contributed by atoms with Gasteiger partial charge in [0, 0.05) is 17.1 Å². The second-order valence-electron chi connectivity index (χ2n) is 4.62. The van der Waals surface area contributed by atoms with Crippen molar-refractivity contribution in [3.8, 4) is 0 Å². The summed E-state index contributed by atoms with van der Waals surface area (Å²) in [4.78, 5) is 17.5. The van der Waals surface area contributed by atoms with Crippen LogP contribution >= 0.6 is 23.2 Å². The number of nitrogens with one attached hydrogen (secondary N) is 1. The molecule has 2 amide bonds. The van der Waals surface area contributed by atoms with Crippen LogP contribution in [0.25, 0.3) is 0 Å². The van der Waals surface area contributed by atoms with Crippen molar-refractivity contribution in [3.63, 3.8) is 0 Å². The molecule has 0 saturated heterocycles. The lowest BCUT2D eigenvalue weighted by atomic mass is 10.2. The third-order valence-corrected chi connectivity index (χ3v) is 3.48. The fourth-order valence-corrected chi connectivity index (χ4v) is 2.04. The Morgan fingerprint density at radius 2 is 1.50 bits per heavy atom. The molecular weight excluding hydrogens is 323 g/mol. The first-order valence-corrected chi connectivity index (χ1v) is 7.45. The highest BCUT2D eigenvalue weighted by Gasteiger charge is 2.13. The van der Waals surface area contributed by atoms with Gasteiger partial charge in [-0.2, -0.15) is 5.06 Å². The molecule has 0 aliphatic rings. The summed E-state index contributed by atoms with van der Waals surface area (Å²) in [5.41, 5.74) is 1.85. The SMILES string of the molecule is CNC(=O)N(Cc1ccc(Cl)cc1)OCc1ccc(Cl)cc1. The Morgan fingerprint density at radius 1 is 1.00 bits per heavy atom. The number of hydroxylamine groups is 2. The highest BCUT2D eigenvalue weighted by Crippen LogP contribution is 2.14. The van der Waals surface area contributed by atoms with E-state index in [1.807, 2.05) is 24.3 Å². The number of amides is 2. The Bertz CT molecular complexity index is 615. The number of carbonyl (C=O) groups is 1. The normalized spacial score (nSPS) is 10.3. The Balaban J connectivity index is 2.01. The van der Waals surface area contributed by atoms with Gasteiger partial charge in [-0.05, 0) is 35.4 Å². The summed E-state index contributed by atoms with van der Waals surface area (Å²) < 4.78 is 0. The highest BCUT2D eigenvalue weighted by molar-refractivity contribution is 6.30. The molecule has 0 atom stereocenters. The summed E-state index contributed by atoms with van der Waals surface area (Å²) >= 11 is 11.7. The third-order valence-electron chi connectivity index (χ3n) is 2.98. The Labute approximate surface area is 139 Å². The maximum atomic E-state index is 11.9. The van der Waals surface area contributed by atoms with E-state index in [9.17, 15) is 4.79 Å². The van der Waals surface area contributed by atoms with Gasteiger partial charge in [0.1, 0.15) is 6.61 Å². The van der Waals surface area contributed by atoms with Gasteiger partial charge in [-0.25, -0.2) is 4.79 Å². The average Bonchev–Trinajstić information content (AvgIpc) is 2.54. The van der Waals surface area contributed by atoms with Gasteiger partial charge in [0.05, 0.1) is 6.54 Å². The molecule has 0 aromatic heterocycles. The van der Waals surface area contributed by atoms with Crippen LogP contribution in [0.1, 0.15) is 11.1 Å². The van der Waals surface area contributed by atoms with Gasteiger partial charge in [-0.1, -0.05) is 47.5 Å². The van der Waals surface area contributed by atoms with E-state index in [0.29, 0.717) is 16.6 Å². The van der Waals surface area contributed by atoms with Gasteiger partial charge < -0.3 is 5.32 Å². The zero-order chi connectivity index (χ0) is 15.9. The number of hydrogen-bond donors (Lipinski definition) is 1. The predicted molar refractivity (Wildman–Crippen MR) is 87.7 cm³/mol. The zero-order valence-electron chi connectivity index (χ0n) is 12.1. The van der Waals surface area contributed by atoms with Crippen LogP contribution in [-0.4, -0.2) is 18.1 Å². The van der Waals surface area contributed by atoms with Crippen LogP contribution in [-0.2, 0) is 18.0 Å². The summed E-state index contributed by atoms with van der Waals surface area (Å²) in [5.74, 6) is 0. The van der Waals surface area contributed by atoms with E-state index >= 15 is 0 Å². The van der Waals surface area contributed by atoms with Crippen molar-refractivity contribution in [1.29, 1.82) is 0 Å². The molecule has 0 spiro atoms. The molecule has 2 aromatic carbocycles. The van der Waals surface area contributed by atoms with Gasteiger partial charge in [0.15, 0.2) is 0 Å². The molecule has 22 heavy (non-hydrogen) atoms. The van der Waals surface area contributed by atoms with Crippen LogP contribution in [0.3, 0.4) is 0 Å². The fourth-order valence-electron chi connectivity index (χ4n) is 1.79. The summed E-state index contributed by atoms with van der Waals surface area (Å²) in [5, 5.41) is 5.14. The molecule has 6 heteroatoms. The lowest BCUT2D eigenvalue weighted by Gasteiger charge is -2.21. The number of urea groups is 1. The summed E-state index contributed by atoms with van der Waals surface area (Å²) in [6, 6.07) is 14.2. The molecule has 0 unspecified atom stereocenters. The van der Waals surface area contributed by atoms with Crippen LogP contribution in [0, 0.1) is 0 Å². The first-order valence-electron chi connectivity index (χ1n) is 6.69. The van der Waals surface area contributed by atoms with E-state index in [0.717, 1.165) is 11.1 Å². The van der Waals surface area contributed by atoms with Crippen LogP contribution in [0.4, 0.5) is 4.79 Å². The van der Waals surface area contributed by atoms with Crippen LogP contribution < -0.4 is 5.32 Å². The minimum absolute atomic E-state index is 0.276. The number of benzene rings is 2. The summed E-state index contributed by atoms with van der Waals surface area (Å²) in [6.45, 7) is 0.600. The Morgan fingerprint density at radius 3 is 2.00 bits per heavy atom. The van der Waals surface area contributed by atoms with E-state index in [1.165, 1.54) is 5.06 Å². The standard InChI is InChI=1S/C16H16Cl2N2O2/c1-19-16(21)20(10-12-2-6-14(17)7-3-12)22-11-13-4-8-15(18)9-5-13/h2-9H,10-11H2,1H3,(H,19,21). The molecule has 0 fully saturated rings. The van der Waals surface area contributed by atoms with Crippen molar-refractivity contribution >= 4 is 29.2 Å². The summed E-state index contributed by atoms with van der Waals surface area (Å²) in [6.07, 6.45) is 0. The third kappa shape index (κ3) is 4.91. The maximum absolute atomic E-state index is 11.9. The smallest absolute Gasteiger partial charge is 0.339 e. The van der Waals surface area contributed by atoms with E-state index in [-0.39, 0.29) is 12.6 Å². The van der Waals surface area contributed by atoms with Crippen molar-refractivity contribution in [2.45, 2.75) is 13.2 Å².